The molecule has 8 nitrogen and oxygen atoms in total. The van der Waals surface area contributed by atoms with Crippen LogP contribution >= 0.6 is 23.2 Å². The van der Waals surface area contributed by atoms with Gasteiger partial charge < -0.3 is 24.8 Å². The molecule has 1 aliphatic heterocycles. The van der Waals surface area contributed by atoms with Crippen LogP contribution in [0.15, 0.2) is 43.1 Å². The number of hydrogen-bond acceptors (Lipinski definition) is 7. The van der Waals surface area contributed by atoms with Gasteiger partial charge in [-0.25, -0.2) is 9.97 Å². The highest BCUT2D eigenvalue weighted by Gasteiger charge is 2.27. The Morgan fingerprint density at radius 2 is 1.91 bits per heavy atom. The normalized spacial score (nSPS) is 17.8. The minimum atomic E-state index is -0.249. The van der Waals surface area contributed by atoms with E-state index in [9.17, 15) is 4.79 Å². The van der Waals surface area contributed by atoms with E-state index in [1.54, 1.807) is 12.3 Å². The van der Waals surface area contributed by atoms with Gasteiger partial charge in [-0.15, -0.1) is 0 Å². The van der Waals surface area contributed by atoms with E-state index in [2.05, 4.69) is 27.2 Å². The van der Waals surface area contributed by atoms with Gasteiger partial charge >= 0.3 is 0 Å². The molecule has 1 fully saturated rings. The van der Waals surface area contributed by atoms with Crippen LogP contribution in [0.1, 0.15) is 6.42 Å². The first-order valence-corrected chi connectivity index (χ1v) is 11.3. The topological polar surface area (TPSA) is 94.6 Å². The van der Waals surface area contributed by atoms with Crippen LogP contribution in [0.3, 0.4) is 0 Å². The van der Waals surface area contributed by atoms with Crippen LogP contribution in [0.5, 0.6) is 11.5 Å². The third-order valence-electron chi connectivity index (χ3n) is 5.63. The zero-order valence-electron chi connectivity index (χ0n) is 18.7. The lowest BCUT2D eigenvalue weighted by molar-refractivity contribution is -0.118. The molecule has 2 aromatic carbocycles. The van der Waals surface area contributed by atoms with Gasteiger partial charge in [0.25, 0.3) is 0 Å². The van der Waals surface area contributed by atoms with Gasteiger partial charge in [-0.05, 0) is 30.2 Å². The lowest BCUT2D eigenvalue weighted by atomic mass is 10.0. The second kappa shape index (κ2) is 10.5. The minimum absolute atomic E-state index is 0.0729. The third kappa shape index (κ3) is 4.89. The average molecular weight is 503 g/mol. The number of amides is 1. The maximum atomic E-state index is 11.8. The summed E-state index contributed by atoms with van der Waals surface area (Å²) in [5.74, 6) is 1.14. The Morgan fingerprint density at radius 1 is 1.18 bits per heavy atom. The van der Waals surface area contributed by atoms with Gasteiger partial charge in [0, 0.05) is 29.8 Å². The summed E-state index contributed by atoms with van der Waals surface area (Å²) >= 11 is 13.1. The minimum Gasteiger partial charge on any atom is -0.495 e. The maximum Gasteiger partial charge on any atom is 0.243 e. The van der Waals surface area contributed by atoms with Crippen molar-refractivity contribution in [1.82, 2.24) is 15.3 Å². The molecule has 3 aromatic rings. The number of halogens is 2. The molecule has 1 saturated heterocycles. The molecule has 0 aliphatic carbocycles. The monoisotopic (exact) mass is 502 g/mol. The Bertz CT molecular complexity index is 1210. The lowest BCUT2D eigenvalue weighted by Crippen LogP contribution is -2.52. The van der Waals surface area contributed by atoms with Crippen molar-refractivity contribution >= 4 is 46.0 Å². The highest BCUT2D eigenvalue weighted by Crippen LogP contribution is 2.46. The number of ether oxygens (including phenoxy) is 3. The van der Waals surface area contributed by atoms with Crippen molar-refractivity contribution in [3.05, 3.63) is 53.2 Å². The highest BCUT2D eigenvalue weighted by atomic mass is 35.5. The molecule has 1 aromatic heterocycles. The molecule has 0 bridgehead atoms. The Balaban J connectivity index is 1.63. The molecule has 0 unspecified atom stereocenters. The summed E-state index contributed by atoms with van der Waals surface area (Å²) in [6, 6.07) is 7.03. The summed E-state index contributed by atoms with van der Waals surface area (Å²) in [6.45, 7) is 4.49. The molecule has 10 heteroatoms. The summed E-state index contributed by atoms with van der Waals surface area (Å²) in [7, 11) is 3.07. The van der Waals surface area contributed by atoms with E-state index in [1.165, 1.54) is 20.3 Å². The number of anilines is 1. The van der Waals surface area contributed by atoms with Crippen LogP contribution in [0.25, 0.3) is 22.0 Å². The Kier molecular flexibility index (Phi) is 7.41. The number of carbonyl (C=O) groups excluding carboxylic acids is 1. The summed E-state index contributed by atoms with van der Waals surface area (Å²) in [5.41, 5.74) is 2.12. The van der Waals surface area contributed by atoms with E-state index >= 15 is 0 Å². The van der Waals surface area contributed by atoms with E-state index in [-0.39, 0.29) is 18.0 Å². The van der Waals surface area contributed by atoms with E-state index in [4.69, 9.17) is 37.4 Å². The van der Waals surface area contributed by atoms with Crippen molar-refractivity contribution in [2.45, 2.75) is 18.5 Å². The molecule has 4 rings (SSSR count). The summed E-state index contributed by atoms with van der Waals surface area (Å²) in [5, 5.41) is 7.79. The van der Waals surface area contributed by atoms with Gasteiger partial charge in [0.05, 0.1) is 48.5 Å². The zero-order chi connectivity index (χ0) is 24.2. The van der Waals surface area contributed by atoms with Crippen molar-refractivity contribution < 1.29 is 19.0 Å². The summed E-state index contributed by atoms with van der Waals surface area (Å²) in [6.07, 6.45) is 3.67. The second-order valence-corrected chi connectivity index (χ2v) is 8.44. The molecule has 0 spiro atoms. The SMILES string of the molecule is C=CC(=O)N[C@H]1COCC[C@H]1Nc1ncc2cc(-c3c(Cl)c(OC)cc(OC)c3Cl)ccc2n1. The fraction of sp³-hybridized carbons (Fsp3) is 0.292. The first-order chi connectivity index (χ1) is 16.4. The summed E-state index contributed by atoms with van der Waals surface area (Å²) in [4.78, 5) is 20.9. The largest absolute Gasteiger partial charge is 0.495 e. The van der Waals surface area contributed by atoms with Crippen LogP contribution in [-0.4, -0.2) is 55.4 Å². The van der Waals surface area contributed by atoms with Gasteiger partial charge in [0.15, 0.2) is 0 Å². The van der Waals surface area contributed by atoms with Crippen molar-refractivity contribution in [3.8, 4) is 22.6 Å². The molecule has 2 heterocycles. The number of benzene rings is 2. The molecular weight excluding hydrogens is 479 g/mol. The van der Waals surface area contributed by atoms with Crippen molar-refractivity contribution in [2.24, 2.45) is 0 Å². The first kappa shape index (κ1) is 24.1. The number of nitrogens with zero attached hydrogens (tertiary/aromatic N) is 2. The van der Waals surface area contributed by atoms with Crippen LogP contribution in [0.4, 0.5) is 5.95 Å². The van der Waals surface area contributed by atoms with Crippen molar-refractivity contribution in [2.75, 3.05) is 32.8 Å². The average Bonchev–Trinajstić information content (AvgIpc) is 2.85. The predicted molar refractivity (Wildman–Crippen MR) is 133 cm³/mol. The van der Waals surface area contributed by atoms with Gasteiger partial charge in [0.2, 0.25) is 11.9 Å². The maximum absolute atomic E-state index is 11.8. The van der Waals surface area contributed by atoms with E-state index in [0.717, 1.165) is 16.5 Å². The van der Waals surface area contributed by atoms with Crippen LogP contribution in [0.2, 0.25) is 10.0 Å². The quantitative estimate of drug-likeness (QED) is 0.459. The number of hydrogen-bond donors (Lipinski definition) is 2. The number of nitrogens with one attached hydrogen (secondary N) is 2. The lowest BCUT2D eigenvalue weighted by Gasteiger charge is -2.32. The predicted octanol–water partition coefficient (Wildman–Crippen LogP) is 4.49. The fourth-order valence-corrected chi connectivity index (χ4v) is 4.58. The van der Waals surface area contributed by atoms with Crippen molar-refractivity contribution in [3.63, 3.8) is 0 Å². The van der Waals surface area contributed by atoms with Crippen LogP contribution in [0, 0.1) is 0 Å². The van der Waals surface area contributed by atoms with Gasteiger partial charge in [-0.3, -0.25) is 4.79 Å². The Labute approximate surface area is 207 Å². The summed E-state index contributed by atoms with van der Waals surface area (Å²) < 4.78 is 16.3. The molecule has 0 radical (unpaired) electrons. The molecule has 2 atom stereocenters. The Morgan fingerprint density at radius 3 is 2.59 bits per heavy atom. The molecule has 1 aliphatic rings. The van der Waals surface area contributed by atoms with Crippen molar-refractivity contribution in [1.29, 1.82) is 0 Å². The number of aromatic nitrogens is 2. The number of fused-ring (bicyclic) bond motifs is 1. The first-order valence-electron chi connectivity index (χ1n) is 10.6. The van der Waals surface area contributed by atoms with Crippen LogP contribution in [-0.2, 0) is 9.53 Å². The molecule has 2 N–H and O–H groups in total. The molecule has 1 amide bonds. The third-order valence-corrected chi connectivity index (χ3v) is 6.38. The molecule has 0 saturated carbocycles. The van der Waals surface area contributed by atoms with Gasteiger partial charge in [0.1, 0.15) is 11.5 Å². The second-order valence-electron chi connectivity index (χ2n) is 7.68. The molecular formula is C24H24Cl2N4O4. The number of carbonyl (C=O) groups is 1. The Hall–Kier alpha value is -3.07. The van der Waals surface area contributed by atoms with E-state index < -0.39 is 0 Å². The van der Waals surface area contributed by atoms with Crippen LogP contribution < -0.4 is 20.1 Å². The molecule has 178 valence electrons. The molecule has 34 heavy (non-hydrogen) atoms. The number of methoxy groups -OCH3 is 2. The fourth-order valence-electron chi connectivity index (χ4n) is 3.86. The van der Waals surface area contributed by atoms with E-state index in [1.807, 2.05) is 18.2 Å². The van der Waals surface area contributed by atoms with Gasteiger partial charge in [-0.1, -0.05) is 35.8 Å². The number of rotatable bonds is 7. The highest BCUT2D eigenvalue weighted by molar-refractivity contribution is 6.41. The van der Waals surface area contributed by atoms with E-state index in [0.29, 0.717) is 52.7 Å². The standard InChI is InChI=1S/C24H24Cl2N4O4/c1-4-20(31)28-17-12-34-8-7-16(17)30-24-27-11-14-9-13(5-6-15(14)29-24)21-22(25)18(32-2)10-19(33-3)23(21)26/h4-6,9-11,16-17H,1,7-8,12H2,2-3H3,(H,28,31)(H,27,29,30)/t16-,17+/m1/s1. The zero-order valence-corrected chi connectivity index (χ0v) is 20.2. The smallest absolute Gasteiger partial charge is 0.243 e. The van der Waals surface area contributed by atoms with Gasteiger partial charge in [-0.2, -0.15) is 0 Å².